The SMILES string of the molecule is COc1ccc2nc(C)cc(OCC(=O)N(C3CC3)C(C)C3CC3)c2c1. The summed E-state index contributed by atoms with van der Waals surface area (Å²) in [5.41, 5.74) is 1.72. The number of amides is 1. The molecule has 2 fully saturated rings. The Morgan fingerprint density at radius 1 is 1.27 bits per heavy atom. The Hall–Kier alpha value is -2.30. The first-order valence-electron chi connectivity index (χ1n) is 9.46. The number of pyridine rings is 1. The first-order chi connectivity index (χ1) is 12.6. The molecule has 2 aliphatic rings. The Bertz CT molecular complexity index is 827. The number of nitrogens with zero attached hydrogens (tertiary/aromatic N) is 2. The van der Waals surface area contributed by atoms with Gasteiger partial charge in [0.2, 0.25) is 0 Å². The summed E-state index contributed by atoms with van der Waals surface area (Å²) in [5, 5.41) is 0.871. The highest BCUT2D eigenvalue weighted by Crippen LogP contribution is 2.39. The number of aromatic nitrogens is 1. The lowest BCUT2D eigenvalue weighted by Gasteiger charge is -2.29. The van der Waals surface area contributed by atoms with Gasteiger partial charge >= 0.3 is 0 Å². The molecule has 2 aromatic rings. The lowest BCUT2D eigenvalue weighted by molar-refractivity contribution is -0.136. The number of aryl methyl sites for hydroxylation is 1. The summed E-state index contributed by atoms with van der Waals surface area (Å²) < 4.78 is 11.3. The number of carbonyl (C=O) groups is 1. The largest absolute Gasteiger partial charge is 0.497 e. The zero-order valence-electron chi connectivity index (χ0n) is 15.7. The molecular formula is C21H26N2O3. The fourth-order valence-electron chi connectivity index (χ4n) is 3.68. The van der Waals surface area contributed by atoms with Gasteiger partial charge in [0.1, 0.15) is 11.5 Å². The van der Waals surface area contributed by atoms with Crippen molar-refractivity contribution in [2.75, 3.05) is 13.7 Å². The highest BCUT2D eigenvalue weighted by Gasteiger charge is 2.41. The average molecular weight is 354 g/mol. The molecule has 2 saturated carbocycles. The Morgan fingerprint density at radius 2 is 2.04 bits per heavy atom. The van der Waals surface area contributed by atoms with Gasteiger partial charge in [0.15, 0.2) is 6.61 Å². The van der Waals surface area contributed by atoms with Crippen molar-refractivity contribution in [1.29, 1.82) is 0 Å². The molecule has 0 aliphatic heterocycles. The van der Waals surface area contributed by atoms with Crippen LogP contribution in [-0.2, 0) is 4.79 Å². The number of hydrogen-bond acceptors (Lipinski definition) is 4. The van der Waals surface area contributed by atoms with Crippen molar-refractivity contribution in [2.24, 2.45) is 5.92 Å². The summed E-state index contributed by atoms with van der Waals surface area (Å²) >= 11 is 0. The van der Waals surface area contributed by atoms with Gasteiger partial charge in [0, 0.05) is 29.2 Å². The molecule has 4 rings (SSSR count). The smallest absolute Gasteiger partial charge is 0.261 e. The minimum absolute atomic E-state index is 0.0727. The molecule has 1 atom stereocenters. The molecule has 5 nitrogen and oxygen atoms in total. The van der Waals surface area contributed by atoms with Crippen molar-refractivity contribution in [3.05, 3.63) is 30.0 Å². The number of rotatable bonds is 7. The maximum Gasteiger partial charge on any atom is 0.261 e. The van der Waals surface area contributed by atoms with Gasteiger partial charge < -0.3 is 14.4 Å². The van der Waals surface area contributed by atoms with E-state index >= 15 is 0 Å². The Labute approximate surface area is 154 Å². The molecule has 0 radical (unpaired) electrons. The van der Waals surface area contributed by atoms with Crippen molar-refractivity contribution >= 4 is 16.8 Å². The second-order valence-corrected chi connectivity index (χ2v) is 7.54. The molecule has 138 valence electrons. The van der Waals surface area contributed by atoms with Gasteiger partial charge in [0.05, 0.1) is 12.6 Å². The van der Waals surface area contributed by atoms with Crippen LogP contribution in [0.15, 0.2) is 24.3 Å². The minimum Gasteiger partial charge on any atom is -0.497 e. The third-order valence-electron chi connectivity index (χ3n) is 5.43. The van der Waals surface area contributed by atoms with E-state index in [-0.39, 0.29) is 12.5 Å². The molecule has 2 aliphatic carbocycles. The van der Waals surface area contributed by atoms with Gasteiger partial charge in [-0.1, -0.05) is 0 Å². The molecule has 1 aromatic heterocycles. The molecule has 5 heteroatoms. The van der Waals surface area contributed by atoms with Crippen LogP contribution in [0.4, 0.5) is 0 Å². The molecule has 1 amide bonds. The van der Waals surface area contributed by atoms with Crippen LogP contribution >= 0.6 is 0 Å². The zero-order chi connectivity index (χ0) is 18.3. The molecule has 1 aromatic carbocycles. The van der Waals surface area contributed by atoms with Crippen molar-refractivity contribution in [3.63, 3.8) is 0 Å². The van der Waals surface area contributed by atoms with Crippen LogP contribution in [0, 0.1) is 12.8 Å². The first-order valence-corrected chi connectivity index (χ1v) is 9.46. The number of benzene rings is 1. The Balaban J connectivity index is 1.53. The van der Waals surface area contributed by atoms with Crippen LogP contribution in [0.3, 0.4) is 0 Å². The van der Waals surface area contributed by atoms with Crippen molar-refractivity contribution in [3.8, 4) is 11.5 Å². The van der Waals surface area contributed by atoms with E-state index in [9.17, 15) is 4.79 Å². The molecule has 0 bridgehead atoms. The minimum atomic E-state index is 0.0727. The van der Waals surface area contributed by atoms with Gasteiger partial charge in [-0.3, -0.25) is 9.78 Å². The van der Waals surface area contributed by atoms with E-state index in [0.29, 0.717) is 23.8 Å². The lowest BCUT2D eigenvalue weighted by Crippen LogP contribution is -2.44. The lowest BCUT2D eigenvalue weighted by atomic mass is 10.1. The van der Waals surface area contributed by atoms with E-state index in [0.717, 1.165) is 35.2 Å². The maximum atomic E-state index is 12.9. The summed E-state index contributed by atoms with van der Waals surface area (Å²) in [5.74, 6) is 2.21. The first kappa shape index (κ1) is 17.1. The van der Waals surface area contributed by atoms with Crippen LogP contribution in [-0.4, -0.2) is 41.6 Å². The normalized spacial score (nSPS) is 17.8. The number of carbonyl (C=O) groups excluding carboxylic acids is 1. The predicted molar refractivity (Wildman–Crippen MR) is 101 cm³/mol. The Morgan fingerprint density at radius 3 is 2.69 bits per heavy atom. The van der Waals surface area contributed by atoms with Crippen molar-refractivity contribution in [1.82, 2.24) is 9.88 Å². The second-order valence-electron chi connectivity index (χ2n) is 7.54. The van der Waals surface area contributed by atoms with Crippen molar-refractivity contribution in [2.45, 2.75) is 51.6 Å². The molecule has 0 N–H and O–H groups in total. The summed E-state index contributed by atoms with van der Waals surface area (Å²) in [7, 11) is 1.64. The van der Waals surface area contributed by atoms with Gasteiger partial charge in [-0.25, -0.2) is 0 Å². The highest BCUT2D eigenvalue weighted by atomic mass is 16.5. The molecule has 26 heavy (non-hydrogen) atoms. The topological polar surface area (TPSA) is 51.7 Å². The van der Waals surface area contributed by atoms with E-state index in [2.05, 4.69) is 16.8 Å². The summed E-state index contributed by atoms with van der Waals surface area (Å²) in [4.78, 5) is 19.5. The van der Waals surface area contributed by atoms with Crippen LogP contribution in [0.25, 0.3) is 10.9 Å². The number of methoxy groups -OCH3 is 1. The zero-order valence-corrected chi connectivity index (χ0v) is 15.7. The van der Waals surface area contributed by atoms with Gasteiger partial charge in [-0.05, 0) is 63.6 Å². The van der Waals surface area contributed by atoms with Crippen LogP contribution in [0.1, 0.15) is 38.3 Å². The van der Waals surface area contributed by atoms with E-state index in [1.807, 2.05) is 31.2 Å². The van der Waals surface area contributed by atoms with Gasteiger partial charge in [0.25, 0.3) is 5.91 Å². The van der Waals surface area contributed by atoms with E-state index < -0.39 is 0 Å². The van der Waals surface area contributed by atoms with Crippen LogP contribution in [0.2, 0.25) is 0 Å². The second kappa shape index (κ2) is 6.78. The number of fused-ring (bicyclic) bond motifs is 1. The highest BCUT2D eigenvalue weighted by molar-refractivity contribution is 5.87. The Kier molecular flexibility index (Phi) is 4.47. The maximum absolute atomic E-state index is 12.9. The average Bonchev–Trinajstić information content (AvgIpc) is 3.52. The van der Waals surface area contributed by atoms with E-state index in [1.54, 1.807) is 7.11 Å². The summed E-state index contributed by atoms with van der Waals surface area (Å²) in [6.45, 7) is 4.19. The molecule has 0 spiro atoms. The third kappa shape index (κ3) is 3.48. The van der Waals surface area contributed by atoms with E-state index in [1.165, 1.54) is 12.8 Å². The molecule has 1 heterocycles. The summed E-state index contributed by atoms with van der Waals surface area (Å²) in [6, 6.07) is 8.35. The third-order valence-corrected chi connectivity index (χ3v) is 5.43. The fraction of sp³-hybridized carbons (Fsp3) is 0.524. The standard InChI is InChI=1S/C21H26N2O3/c1-13-10-20(18-11-17(25-3)8-9-19(18)22-13)26-12-21(24)23(16-6-7-16)14(2)15-4-5-15/h8-11,14-16H,4-7,12H2,1-3H3. The number of ether oxygens (including phenoxy) is 2. The fourth-order valence-corrected chi connectivity index (χ4v) is 3.68. The molecular weight excluding hydrogens is 328 g/mol. The van der Waals surface area contributed by atoms with E-state index in [4.69, 9.17) is 9.47 Å². The monoisotopic (exact) mass is 354 g/mol. The van der Waals surface area contributed by atoms with Gasteiger partial charge in [-0.2, -0.15) is 0 Å². The number of hydrogen-bond donors (Lipinski definition) is 0. The predicted octanol–water partition coefficient (Wildman–Crippen LogP) is 3.72. The van der Waals surface area contributed by atoms with Crippen LogP contribution in [0.5, 0.6) is 11.5 Å². The molecule has 1 unspecified atom stereocenters. The molecule has 0 saturated heterocycles. The van der Waals surface area contributed by atoms with Gasteiger partial charge in [-0.15, -0.1) is 0 Å². The summed E-state index contributed by atoms with van der Waals surface area (Å²) in [6.07, 6.45) is 4.73. The van der Waals surface area contributed by atoms with Crippen LogP contribution < -0.4 is 9.47 Å². The van der Waals surface area contributed by atoms with Crippen molar-refractivity contribution < 1.29 is 14.3 Å². The quantitative estimate of drug-likeness (QED) is 0.760.